The third-order valence-electron chi connectivity index (χ3n) is 5.55. The standard InChI is InChI=1S/C19H19FN6O3S/c1-30(28,29)24-8-6-13(7-9-24)26-18-15(23-19(26)27)4-3-14(22-18)16-10-21-17-5-2-12(20)11-25(16)17/h2-5,10-11,13H,6-9H2,1H3,(H,23,27). The third kappa shape index (κ3) is 3.10. The lowest BCUT2D eigenvalue weighted by molar-refractivity contribution is 0.275. The smallest absolute Gasteiger partial charge is 0.304 e. The summed E-state index contributed by atoms with van der Waals surface area (Å²) in [6.07, 6.45) is 5.19. The molecular formula is C19H19FN6O3S. The maximum atomic E-state index is 13.7. The molecule has 0 atom stereocenters. The highest BCUT2D eigenvalue weighted by molar-refractivity contribution is 7.88. The van der Waals surface area contributed by atoms with Crippen LogP contribution in [0, 0.1) is 5.82 Å². The van der Waals surface area contributed by atoms with E-state index in [1.165, 1.54) is 22.8 Å². The second-order valence-electron chi connectivity index (χ2n) is 7.48. The first-order valence-corrected chi connectivity index (χ1v) is 11.4. The van der Waals surface area contributed by atoms with Crippen molar-refractivity contribution in [3.8, 4) is 11.4 Å². The molecule has 0 saturated carbocycles. The zero-order valence-electron chi connectivity index (χ0n) is 16.1. The van der Waals surface area contributed by atoms with Crippen LogP contribution in [0.5, 0.6) is 0 Å². The van der Waals surface area contributed by atoms with Crippen LogP contribution in [0.4, 0.5) is 4.39 Å². The van der Waals surface area contributed by atoms with E-state index in [0.29, 0.717) is 54.1 Å². The number of hydrogen-bond acceptors (Lipinski definition) is 5. The zero-order valence-corrected chi connectivity index (χ0v) is 16.9. The van der Waals surface area contributed by atoms with Crippen molar-refractivity contribution in [3.63, 3.8) is 0 Å². The van der Waals surface area contributed by atoms with Crippen LogP contribution in [0.1, 0.15) is 18.9 Å². The van der Waals surface area contributed by atoms with Gasteiger partial charge in [-0.2, -0.15) is 0 Å². The highest BCUT2D eigenvalue weighted by atomic mass is 32.2. The molecule has 0 spiro atoms. The van der Waals surface area contributed by atoms with E-state index >= 15 is 0 Å². The highest BCUT2D eigenvalue weighted by Gasteiger charge is 2.28. The Bertz CT molecular complexity index is 1430. The van der Waals surface area contributed by atoms with E-state index in [9.17, 15) is 17.6 Å². The molecule has 0 bridgehead atoms. The average molecular weight is 430 g/mol. The van der Waals surface area contributed by atoms with Crippen LogP contribution in [0.15, 0.2) is 41.5 Å². The van der Waals surface area contributed by atoms with Gasteiger partial charge in [0.2, 0.25) is 10.0 Å². The normalized spacial score (nSPS) is 16.6. The SMILES string of the molecule is CS(=O)(=O)N1CCC(n2c(=O)[nH]c3ccc(-c4cnc5ccc(F)cn45)nc32)CC1. The first-order valence-electron chi connectivity index (χ1n) is 9.50. The number of fused-ring (bicyclic) bond motifs is 2. The van der Waals surface area contributed by atoms with Crippen molar-refractivity contribution in [3.05, 3.63) is 53.0 Å². The second kappa shape index (κ2) is 6.74. The number of rotatable bonds is 3. The summed E-state index contributed by atoms with van der Waals surface area (Å²) in [4.78, 5) is 24.4. The molecule has 9 nitrogen and oxygen atoms in total. The Balaban J connectivity index is 1.57. The fraction of sp³-hybridized carbons (Fsp3) is 0.316. The van der Waals surface area contributed by atoms with Gasteiger partial charge in [0.15, 0.2) is 5.65 Å². The summed E-state index contributed by atoms with van der Waals surface area (Å²) in [5, 5.41) is 0. The van der Waals surface area contributed by atoms with Gasteiger partial charge >= 0.3 is 5.69 Å². The lowest BCUT2D eigenvalue weighted by Crippen LogP contribution is -2.39. The number of nitrogens with zero attached hydrogens (tertiary/aromatic N) is 5. The van der Waals surface area contributed by atoms with Gasteiger partial charge in [-0.15, -0.1) is 0 Å². The number of H-pyrrole nitrogens is 1. The zero-order chi connectivity index (χ0) is 21.0. The number of pyridine rings is 2. The van der Waals surface area contributed by atoms with Gasteiger partial charge in [0.1, 0.15) is 11.5 Å². The van der Waals surface area contributed by atoms with Crippen molar-refractivity contribution in [1.29, 1.82) is 0 Å². The molecule has 4 aromatic rings. The van der Waals surface area contributed by atoms with Crippen molar-refractivity contribution >= 4 is 26.8 Å². The van der Waals surface area contributed by atoms with Crippen molar-refractivity contribution in [2.24, 2.45) is 0 Å². The molecule has 1 aliphatic heterocycles. The summed E-state index contributed by atoms with van der Waals surface area (Å²) in [5.41, 5.74) is 2.56. The minimum atomic E-state index is -3.25. The Hall–Kier alpha value is -3.05. The van der Waals surface area contributed by atoms with Crippen molar-refractivity contribution in [2.45, 2.75) is 18.9 Å². The number of imidazole rings is 2. The number of aromatic amines is 1. The van der Waals surface area contributed by atoms with Crippen LogP contribution >= 0.6 is 0 Å². The molecule has 0 radical (unpaired) electrons. The highest BCUT2D eigenvalue weighted by Crippen LogP contribution is 2.27. The summed E-state index contributed by atoms with van der Waals surface area (Å²) in [7, 11) is -3.25. The van der Waals surface area contributed by atoms with Crippen molar-refractivity contribution in [1.82, 2.24) is 28.2 Å². The van der Waals surface area contributed by atoms with Gasteiger partial charge in [-0.05, 0) is 37.1 Å². The van der Waals surface area contributed by atoms with E-state index in [1.807, 2.05) is 0 Å². The number of aromatic nitrogens is 5. The number of hydrogen-bond donors (Lipinski definition) is 1. The second-order valence-corrected chi connectivity index (χ2v) is 9.46. The topological polar surface area (TPSA) is 105 Å². The maximum Gasteiger partial charge on any atom is 0.327 e. The number of sulfonamides is 1. The molecule has 0 amide bonds. The van der Waals surface area contributed by atoms with E-state index in [0.717, 1.165) is 0 Å². The minimum Gasteiger partial charge on any atom is -0.304 e. The van der Waals surface area contributed by atoms with Crippen LogP contribution in [0.3, 0.4) is 0 Å². The van der Waals surface area contributed by atoms with E-state index in [4.69, 9.17) is 0 Å². The van der Waals surface area contributed by atoms with Crippen molar-refractivity contribution in [2.75, 3.05) is 19.3 Å². The van der Waals surface area contributed by atoms with Gasteiger partial charge in [-0.3, -0.25) is 8.97 Å². The molecule has 11 heteroatoms. The molecule has 0 aliphatic carbocycles. The summed E-state index contributed by atoms with van der Waals surface area (Å²) in [5.74, 6) is -0.390. The van der Waals surface area contributed by atoms with Gasteiger partial charge in [-0.1, -0.05) is 0 Å². The maximum absolute atomic E-state index is 13.7. The summed E-state index contributed by atoms with van der Waals surface area (Å²) < 4.78 is 41.9. The van der Waals surface area contributed by atoms with Crippen LogP contribution in [-0.4, -0.2) is 56.0 Å². The fourth-order valence-electron chi connectivity index (χ4n) is 4.06. The van der Waals surface area contributed by atoms with Crippen LogP contribution in [0.2, 0.25) is 0 Å². The third-order valence-corrected chi connectivity index (χ3v) is 6.86. The Kier molecular flexibility index (Phi) is 4.26. The molecule has 156 valence electrons. The van der Waals surface area contributed by atoms with E-state index in [2.05, 4.69) is 15.0 Å². The van der Waals surface area contributed by atoms with Crippen LogP contribution in [0.25, 0.3) is 28.2 Å². The van der Waals surface area contributed by atoms with Crippen LogP contribution < -0.4 is 5.69 Å². The summed E-state index contributed by atoms with van der Waals surface area (Å²) in [6.45, 7) is 0.712. The molecule has 1 fully saturated rings. The molecule has 1 saturated heterocycles. The Labute approximate surface area is 170 Å². The quantitative estimate of drug-likeness (QED) is 0.533. The van der Waals surface area contributed by atoms with Gasteiger partial charge in [0.05, 0.1) is 29.4 Å². The summed E-state index contributed by atoms with van der Waals surface area (Å²) >= 11 is 0. The molecule has 5 rings (SSSR count). The molecule has 5 heterocycles. The monoisotopic (exact) mass is 430 g/mol. The average Bonchev–Trinajstić information content (AvgIpc) is 3.26. The molecule has 0 aromatic carbocycles. The van der Waals surface area contributed by atoms with E-state index in [1.54, 1.807) is 33.4 Å². The lowest BCUT2D eigenvalue weighted by atomic mass is 10.1. The molecule has 4 aromatic heterocycles. The molecule has 0 unspecified atom stereocenters. The first-order chi connectivity index (χ1) is 14.3. The number of nitrogens with one attached hydrogen (secondary N) is 1. The minimum absolute atomic E-state index is 0.161. The molecule has 1 N–H and O–H groups in total. The number of halogens is 1. The van der Waals surface area contributed by atoms with Gasteiger partial charge < -0.3 is 4.98 Å². The molecular weight excluding hydrogens is 411 g/mol. The molecule has 30 heavy (non-hydrogen) atoms. The van der Waals surface area contributed by atoms with Gasteiger partial charge in [-0.25, -0.2) is 31.9 Å². The van der Waals surface area contributed by atoms with Gasteiger partial charge in [0, 0.05) is 25.3 Å². The summed E-state index contributed by atoms with van der Waals surface area (Å²) in [6, 6.07) is 6.28. The predicted molar refractivity (Wildman–Crippen MR) is 109 cm³/mol. The molecule has 1 aliphatic rings. The first kappa shape index (κ1) is 18.9. The Morgan fingerprint density at radius 3 is 2.67 bits per heavy atom. The largest absolute Gasteiger partial charge is 0.327 e. The predicted octanol–water partition coefficient (Wildman–Crippen LogP) is 1.77. The van der Waals surface area contributed by atoms with Crippen LogP contribution in [-0.2, 0) is 10.0 Å². The lowest BCUT2D eigenvalue weighted by Gasteiger charge is -2.30. The van der Waals surface area contributed by atoms with E-state index < -0.39 is 10.0 Å². The fourth-order valence-corrected chi connectivity index (χ4v) is 4.93. The Morgan fingerprint density at radius 2 is 1.93 bits per heavy atom. The Morgan fingerprint density at radius 1 is 1.17 bits per heavy atom. The van der Waals surface area contributed by atoms with E-state index in [-0.39, 0.29) is 17.5 Å². The number of piperidine rings is 1. The van der Waals surface area contributed by atoms with Crippen molar-refractivity contribution < 1.29 is 12.8 Å². The van der Waals surface area contributed by atoms with Gasteiger partial charge in [0.25, 0.3) is 0 Å².